The number of carbonyl (C=O) groups excluding carboxylic acids is 2. The van der Waals surface area contributed by atoms with Gasteiger partial charge in [-0.25, -0.2) is 4.79 Å². The lowest BCUT2D eigenvalue weighted by Gasteiger charge is -2.24. The fourth-order valence-electron chi connectivity index (χ4n) is 2.62. The van der Waals surface area contributed by atoms with Gasteiger partial charge < -0.3 is 25.8 Å². The Bertz CT molecular complexity index is 744. The zero-order valence-electron chi connectivity index (χ0n) is 15.2. The number of rotatable bonds is 3. The fourth-order valence-corrected chi connectivity index (χ4v) is 2.62. The highest BCUT2D eigenvalue weighted by Gasteiger charge is 2.38. The summed E-state index contributed by atoms with van der Waals surface area (Å²) in [6.07, 6.45) is -5.67. The molecule has 0 aliphatic carbocycles. The standard InChI is InChI=1S/C17H22F3N3O4/c1-16(2,3)27-15(25)23-5-4-9(8-23)26-13-7-12(21)10(14(22)24)6-11(13)17(18,19)20/h6-7,9H,4-5,8,21H2,1-3H3,(H2,22,24)/t9-/m1/s1. The number of ether oxygens (including phenoxy) is 2. The number of nitrogens with two attached hydrogens (primary N) is 2. The second-order valence-corrected chi connectivity index (χ2v) is 7.25. The summed E-state index contributed by atoms with van der Waals surface area (Å²) in [6, 6.07) is 1.51. The Morgan fingerprint density at radius 1 is 1.22 bits per heavy atom. The van der Waals surface area contributed by atoms with Gasteiger partial charge in [-0.05, 0) is 26.8 Å². The molecule has 7 nitrogen and oxygen atoms in total. The van der Waals surface area contributed by atoms with Crippen LogP contribution in [-0.2, 0) is 10.9 Å². The molecule has 1 aromatic carbocycles. The first kappa shape index (κ1) is 20.7. The molecule has 1 aliphatic heterocycles. The van der Waals surface area contributed by atoms with Crippen LogP contribution in [0.2, 0.25) is 0 Å². The summed E-state index contributed by atoms with van der Waals surface area (Å²) in [5.41, 5.74) is 8.20. The molecule has 1 atom stereocenters. The summed E-state index contributed by atoms with van der Waals surface area (Å²) < 4.78 is 50.7. The van der Waals surface area contributed by atoms with Gasteiger partial charge >= 0.3 is 12.3 Å². The number of hydrogen-bond donors (Lipinski definition) is 2. The van der Waals surface area contributed by atoms with E-state index in [9.17, 15) is 22.8 Å². The number of halogens is 3. The lowest BCUT2D eigenvalue weighted by molar-refractivity contribution is -0.139. The van der Waals surface area contributed by atoms with Crippen molar-refractivity contribution in [3.63, 3.8) is 0 Å². The molecule has 1 fully saturated rings. The average Bonchev–Trinajstić information content (AvgIpc) is 2.92. The van der Waals surface area contributed by atoms with Crippen LogP contribution in [0.25, 0.3) is 0 Å². The van der Waals surface area contributed by atoms with Crippen molar-refractivity contribution < 1.29 is 32.2 Å². The smallest absolute Gasteiger partial charge is 0.419 e. The molecule has 1 heterocycles. The second-order valence-electron chi connectivity index (χ2n) is 7.25. The molecule has 0 aromatic heterocycles. The van der Waals surface area contributed by atoms with Crippen LogP contribution in [0, 0.1) is 0 Å². The van der Waals surface area contributed by atoms with E-state index in [1.165, 1.54) is 4.90 Å². The largest absolute Gasteiger partial charge is 0.488 e. The van der Waals surface area contributed by atoms with Gasteiger partial charge in [-0.15, -0.1) is 0 Å². The normalized spacial score (nSPS) is 17.7. The Labute approximate surface area is 154 Å². The highest BCUT2D eigenvalue weighted by atomic mass is 19.4. The lowest BCUT2D eigenvalue weighted by atomic mass is 10.1. The first-order chi connectivity index (χ1) is 12.3. The minimum Gasteiger partial charge on any atom is -0.488 e. The molecule has 0 saturated carbocycles. The van der Waals surface area contributed by atoms with E-state index < -0.39 is 46.8 Å². The number of nitrogens with zero attached hydrogens (tertiary/aromatic N) is 1. The molecule has 0 spiro atoms. The Hall–Kier alpha value is -2.65. The number of benzene rings is 1. The SMILES string of the molecule is CC(C)(C)OC(=O)N1CC[C@@H](Oc2cc(N)c(C(N)=O)cc2C(F)(F)F)C1. The van der Waals surface area contributed by atoms with Gasteiger partial charge in [0.1, 0.15) is 17.5 Å². The van der Waals surface area contributed by atoms with E-state index in [-0.39, 0.29) is 18.8 Å². The van der Waals surface area contributed by atoms with Gasteiger partial charge in [0.05, 0.1) is 17.7 Å². The summed E-state index contributed by atoms with van der Waals surface area (Å²) in [5, 5.41) is 0. The molecular formula is C17H22F3N3O4. The number of anilines is 1. The number of nitrogen functional groups attached to an aromatic ring is 1. The molecule has 4 N–H and O–H groups in total. The van der Waals surface area contributed by atoms with Crippen LogP contribution in [0.4, 0.5) is 23.7 Å². The Kier molecular flexibility index (Phi) is 5.48. The second kappa shape index (κ2) is 7.16. The third-order valence-electron chi connectivity index (χ3n) is 3.81. The number of amides is 2. The molecule has 10 heteroatoms. The minimum absolute atomic E-state index is 0.0731. The maximum Gasteiger partial charge on any atom is 0.419 e. The van der Waals surface area contributed by atoms with Crippen LogP contribution in [0.15, 0.2) is 12.1 Å². The first-order valence-electron chi connectivity index (χ1n) is 8.23. The van der Waals surface area contributed by atoms with Gasteiger partial charge in [0, 0.05) is 24.7 Å². The van der Waals surface area contributed by atoms with E-state index in [4.69, 9.17) is 20.9 Å². The first-order valence-corrected chi connectivity index (χ1v) is 8.23. The van der Waals surface area contributed by atoms with E-state index in [0.29, 0.717) is 12.5 Å². The monoisotopic (exact) mass is 389 g/mol. The van der Waals surface area contributed by atoms with E-state index in [1.807, 2.05) is 0 Å². The van der Waals surface area contributed by atoms with Crippen LogP contribution in [0.3, 0.4) is 0 Å². The van der Waals surface area contributed by atoms with Crippen molar-refractivity contribution in [2.75, 3.05) is 18.8 Å². The van der Waals surface area contributed by atoms with Gasteiger partial charge in [0.25, 0.3) is 5.91 Å². The molecule has 1 aromatic rings. The summed E-state index contributed by atoms with van der Waals surface area (Å²) in [7, 11) is 0. The van der Waals surface area contributed by atoms with Crippen molar-refractivity contribution in [3.8, 4) is 5.75 Å². The number of carbonyl (C=O) groups is 2. The summed E-state index contributed by atoms with van der Waals surface area (Å²) >= 11 is 0. The maximum absolute atomic E-state index is 13.3. The maximum atomic E-state index is 13.3. The van der Waals surface area contributed by atoms with Crippen molar-refractivity contribution in [1.82, 2.24) is 4.90 Å². The summed E-state index contributed by atoms with van der Waals surface area (Å²) in [4.78, 5) is 24.7. The predicted molar refractivity (Wildman–Crippen MR) is 91.2 cm³/mol. The van der Waals surface area contributed by atoms with Gasteiger partial charge in [0.15, 0.2) is 0 Å². The highest BCUT2D eigenvalue weighted by molar-refractivity contribution is 5.98. The molecule has 0 radical (unpaired) electrons. The molecule has 0 unspecified atom stereocenters. The van der Waals surface area contributed by atoms with Crippen LogP contribution >= 0.6 is 0 Å². The summed E-state index contributed by atoms with van der Waals surface area (Å²) in [5.74, 6) is -1.58. The number of primary amides is 1. The van der Waals surface area contributed by atoms with Crippen LogP contribution in [0.5, 0.6) is 5.75 Å². The zero-order chi connectivity index (χ0) is 20.6. The quantitative estimate of drug-likeness (QED) is 0.773. The van der Waals surface area contributed by atoms with Crippen LogP contribution in [-0.4, -0.2) is 41.7 Å². The molecule has 27 heavy (non-hydrogen) atoms. The van der Waals surface area contributed by atoms with Crippen molar-refractivity contribution in [3.05, 3.63) is 23.3 Å². The third kappa shape index (κ3) is 5.18. The molecular weight excluding hydrogens is 367 g/mol. The molecule has 1 saturated heterocycles. The third-order valence-corrected chi connectivity index (χ3v) is 3.81. The van der Waals surface area contributed by atoms with Gasteiger partial charge in [0.2, 0.25) is 0 Å². The zero-order valence-corrected chi connectivity index (χ0v) is 15.2. The molecule has 1 aliphatic rings. The van der Waals surface area contributed by atoms with Crippen LogP contribution < -0.4 is 16.2 Å². The highest BCUT2D eigenvalue weighted by Crippen LogP contribution is 2.39. The average molecular weight is 389 g/mol. The van der Waals surface area contributed by atoms with Crippen molar-refractivity contribution in [2.24, 2.45) is 5.73 Å². The molecule has 0 bridgehead atoms. The topological polar surface area (TPSA) is 108 Å². The molecule has 150 valence electrons. The van der Waals surface area contributed by atoms with Gasteiger partial charge in [-0.1, -0.05) is 0 Å². The molecule has 2 amide bonds. The Balaban J connectivity index is 2.19. The number of alkyl halides is 3. The predicted octanol–water partition coefficient (Wildman–Crippen LogP) is 2.77. The summed E-state index contributed by atoms with van der Waals surface area (Å²) in [6.45, 7) is 5.51. The van der Waals surface area contributed by atoms with Gasteiger partial charge in [-0.2, -0.15) is 13.2 Å². The number of likely N-dealkylation sites (tertiary alicyclic amines) is 1. The Morgan fingerprint density at radius 3 is 2.37 bits per heavy atom. The van der Waals surface area contributed by atoms with Gasteiger partial charge in [-0.3, -0.25) is 4.79 Å². The lowest BCUT2D eigenvalue weighted by Crippen LogP contribution is -2.36. The van der Waals surface area contributed by atoms with Crippen LogP contribution in [0.1, 0.15) is 43.1 Å². The van der Waals surface area contributed by atoms with E-state index in [1.54, 1.807) is 20.8 Å². The van der Waals surface area contributed by atoms with E-state index in [2.05, 4.69) is 0 Å². The van der Waals surface area contributed by atoms with Crippen molar-refractivity contribution in [1.29, 1.82) is 0 Å². The number of hydrogen-bond acceptors (Lipinski definition) is 5. The van der Waals surface area contributed by atoms with E-state index in [0.717, 1.165) is 6.07 Å². The fraction of sp³-hybridized carbons (Fsp3) is 0.529. The minimum atomic E-state index is -4.77. The molecule has 2 rings (SSSR count). The Morgan fingerprint density at radius 2 is 1.85 bits per heavy atom. The van der Waals surface area contributed by atoms with Crippen molar-refractivity contribution in [2.45, 2.75) is 45.1 Å². The van der Waals surface area contributed by atoms with E-state index >= 15 is 0 Å². The van der Waals surface area contributed by atoms with Crippen molar-refractivity contribution >= 4 is 17.7 Å².